The highest BCUT2D eigenvalue weighted by atomic mass is 19.4. The zero-order valence-electron chi connectivity index (χ0n) is 12.2. The third-order valence-electron chi connectivity index (χ3n) is 3.54. The smallest absolute Gasteiger partial charge is 0.372 e. The van der Waals surface area contributed by atoms with Crippen LogP contribution in [-0.2, 0) is 4.74 Å². The summed E-state index contributed by atoms with van der Waals surface area (Å²) in [6.45, 7) is 2.79. The number of benzene rings is 1. The van der Waals surface area contributed by atoms with Crippen molar-refractivity contribution in [3.8, 4) is 0 Å². The fraction of sp³-hybridized carbons (Fsp3) is 0.625. The normalized spacial score (nSPS) is 17.0. The molecule has 1 fully saturated rings. The molecule has 0 amide bonds. The van der Waals surface area contributed by atoms with Crippen LogP contribution in [0.3, 0.4) is 0 Å². The Morgan fingerprint density at radius 3 is 2.48 bits per heavy atom. The van der Waals surface area contributed by atoms with E-state index in [1.807, 2.05) is 31.2 Å². The first-order valence-corrected chi connectivity index (χ1v) is 7.42. The molecule has 0 saturated heterocycles. The van der Waals surface area contributed by atoms with Crippen molar-refractivity contribution < 1.29 is 17.9 Å². The van der Waals surface area contributed by atoms with E-state index < -0.39 is 12.6 Å². The monoisotopic (exact) mass is 301 g/mol. The van der Waals surface area contributed by atoms with Gasteiger partial charge in [-0.2, -0.15) is 13.2 Å². The van der Waals surface area contributed by atoms with Gasteiger partial charge in [0.05, 0.1) is 6.10 Å². The third kappa shape index (κ3) is 6.48. The number of aryl methyl sites for hydroxylation is 1. The van der Waals surface area contributed by atoms with Gasteiger partial charge in [0.2, 0.25) is 0 Å². The predicted molar refractivity (Wildman–Crippen MR) is 76.2 cm³/mol. The van der Waals surface area contributed by atoms with Gasteiger partial charge in [-0.1, -0.05) is 29.8 Å². The summed E-state index contributed by atoms with van der Waals surface area (Å²) in [5.41, 5.74) is 2.17. The largest absolute Gasteiger partial charge is 0.389 e. The highest BCUT2D eigenvalue weighted by Crippen LogP contribution is 2.24. The van der Waals surface area contributed by atoms with Crippen LogP contribution in [0, 0.1) is 6.92 Å². The molecule has 0 spiro atoms. The number of alkyl halides is 3. The van der Waals surface area contributed by atoms with Crippen LogP contribution >= 0.6 is 0 Å². The Bertz CT molecular complexity index is 426. The summed E-state index contributed by atoms with van der Waals surface area (Å²) in [6.07, 6.45) is -2.71. The quantitative estimate of drug-likeness (QED) is 0.728. The zero-order valence-corrected chi connectivity index (χ0v) is 12.2. The molecule has 2 rings (SSSR count). The van der Waals surface area contributed by atoms with Gasteiger partial charge in [-0.15, -0.1) is 0 Å². The molecular formula is C16H22F3NO. The van der Waals surface area contributed by atoms with Crippen molar-refractivity contribution in [3.05, 3.63) is 35.4 Å². The van der Waals surface area contributed by atoms with Gasteiger partial charge in [-0.3, -0.25) is 0 Å². The maximum absolute atomic E-state index is 12.1. The zero-order chi connectivity index (χ0) is 15.3. The number of hydrogen-bond donors (Lipinski definition) is 1. The van der Waals surface area contributed by atoms with Gasteiger partial charge in [0, 0.05) is 25.6 Å². The minimum atomic E-state index is -4.10. The standard InChI is InChI=1S/C16H22F3NO/c1-12-3-5-13(6-4-12)15(11-20-14-7-8-14)21-10-2-9-16(17,18)19/h3-6,14-15,20H,2,7-11H2,1H3. The minimum Gasteiger partial charge on any atom is -0.372 e. The fourth-order valence-corrected chi connectivity index (χ4v) is 2.11. The Kier molecular flexibility index (Phi) is 5.65. The molecule has 1 aromatic rings. The average Bonchev–Trinajstić information content (AvgIpc) is 3.22. The van der Waals surface area contributed by atoms with E-state index in [-0.39, 0.29) is 19.1 Å². The Morgan fingerprint density at radius 1 is 1.24 bits per heavy atom. The first-order valence-electron chi connectivity index (χ1n) is 7.42. The van der Waals surface area contributed by atoms with Crippen molar-refractivity contribution in [2.75, 3.05) is 13.2 Å². The van der Waals surface area contributed by atoms with Gasteiger partial charge < -0.3 is 10.1 Å². The van der Waals surface area contributed by atoms with Crippen LogP contribution in [-0.4, -0.2) is 25.4 Å². The van der Waals surface area contributed by atoms with E-state index in [0.717, 1.165) is 11.1 Å². The lowest BCUT2D eigenvalue weighted by atomic mass is 10.1. The second kappa shape index (κ2) is 7.27. The molecule has 2 nitrogen and oxygen atoms in total. The molecule has 0 aromatic heterocycles. The van der Waals surface area contributed by atoms with Crippen LogP contribution in [0.2, 0.25) is 0 Å². The summed E-state index contributed by atoms with van der Waals surface area (Å²) in [6, 6.07) is 8.52. The molecule has 118 valence electrons. The van der Waals surface area contributed by atoms with E-state index in [2.05, 4.69) is 5.32 Å². The molecule has 1 unspecified atom stereocenters. The molecule has 21 heavy (non-hydrogen) atoms. The Hall–Kier alpha value is -1.07. The maximum Gasteiger partial charge on any atom is 0.389 e. The van der Waals surface area contributed by atoms with Crippen molar-refractivity contribution in [1.29, 1.82) is 0 Å². The van der Waals surface area contributed by atoms with Crippen molar-refractivity contribution >= 4 is 0 Å². The lowest BCUT2D eigenvalue weighted by Gasteiger charge is -2.19. The number of halogens is 3. The summed E-state index contributed by atoms with van der Waals surface area (Å²) in [7, 11) is 0. The van der Waals surface area contributed by atoms with E-state index in [9.17, 15) is 13.2 Å². The molecule has 1 aromatic carbocycles. The number of hydrogen-bond acceptors (Lipinski definition) is 2. The fourth-order valence-electron chi connectivity index (χ4n) is 2.11. The highest BCUT2D eigenvalue weighted by Gasteiger charge is 2.27. The molecule has 1 saturated carbocycles. The van der Waals surface area contributed by atoms with Crippen LogP contribution in [0.25, 0.3) is 0 Å². The van der Waals surface area contributed by atoms with Crippen molar-refractivity contribution in [1.82, 2.24) is 5.32 Å². The third-order valence-corrected chi connectivity index (χ3v) is 3.54. The van der Waals surface area contributed by atoms with E-state index in [1.165, 1.54) is 12.8 Å². The van der Waals surface area contributed by atoms with Crippen LogP contribution in [0.1, 0.15) is 42.9 Å². The second-order valence-corrected chi connectivity index (χ2v) is 5.67. The number of rotatable bonds is 8. The molecule has 0 aliphatic heterocycles. The molecular weight excluding hydrogens is 279 g/mol. The first-order chi connectivity index (χ1) is 9.94. The molecule has 0 bridgehead atoms. The predicted octanol–water partition coefficient (Wildman–Crippen LogP) is 4.15. The van der Waals surface area contributed by atoms with Gasteiger partial charge in [0.25, 0.3) is 0 Å². The minimum absolute atomic E-state index is 0.00922. The van der Waals surface area contributed by atoms with Crippen LogP contribution in [0.15, 0.2) is 24.3 Å². The first kappa shape index (κ1) is 16.3. The van der Waals surface area contributed by atoms with Gasteiger partial charge in [0.15, 0.2) is 0 Å². The highest BCUT2D eigenvalue weighted by molar-refractivity contribution is 5.23. The summed E-state index contributed by atoms with van der Waals surface area (Å²) in [5, 5.41) is 3.38. The lowest BCUT2D eigenvalue weighted by molar-refractivity contribution is -0.138. The molecule has 1 N–H and O–H groups in total. The summed E-state index contributed by atoms with van der Waals surface area (Å²) in [5.74, 6) is 0. The van der Waals surface area contributed by atoms with Gasteiger partial charge in [0.1, 0.15) is 0 Å². The summed E-state index contributed by atoms with van der Waals surface area (Å²) >= 11 is 0. The van der Waals surface area contributed by atoms with E-state index in [1.54, 1.807) is 0 Å². The average molecular weight is 301 g/mol. The molecule has 1 aliphatic carbocycles. The van der Waals surface area contributed by atoms with E-state index in [4.69, 9.17) is 4.74 Å². The molecule has 1 atom stereocenters. The van der Waals surface area contributed by atoms with Crippen molar-refractivity contribution in [2.45, 2.75) is 50.9 Å². The van der Waals surface area contributed by atoms with E-state index in [0.29, 0.717) is 12.6 Å². The van der Waals surface area contributed by atoms with Crippen molar-refractivity contribution in [3.63, 3.8) is 0 Å². The van der Waals surface area contributed by atoms with Gasteiger partial charge in [-0.05, 0) is 31.7 Å². The molecule has 0 heterocycles. The van der Waals surface area contributed by atoms with Gasteiger partial charge >= 0.3 is 6.18 Å². The van der Waals surface area contributed by atoms with Crippen LogP contribution in [0.4, 0.5) is 13.2 Å². The second-order valence-electron chi connectivity index (χ2n) is 5.67. The summed E-state index contributed by atoms with van der Waals surface area (Å²) in [4.78, 5) is 0. The topological polar surface area (TPSA) is 21.3 Å². The van der Waals surface area contributed by atoms with Crippen LogP contribution < -0.4 is 5.32 Å². The molecule has 5 heteroatoms. The molecule has 1 aliphatic rings. The lowest BCUT2D eigenvalue weighted by Crippen LogP contribution is -2.25. The number of nitrogens with one attached hydrogen (secondary N) is 1. The Labute approximate surface area is 123 Å². The van der Waals surface area contributed by atoms with Crippen LogP contribution in [0.5, 0.6) is 0 Å². The Morgan fingerprint density at radius 2 is 1.90 bits per heavy atom. The maximum atomic E-state index is 12.1. The van der Waals surface area contributed by atoms with Crippen molar-refractivity contribution in [2.24, 2.45) is 0 Å². The molecule has 0 radical (unpaired) electrons. The Balaban J connectivity index is 1.83. The summed E-state index contributed by atoms with van der Waals surface area (Å²) < 4.78 is 42.1. The number of ether oxygens (including phenoxy) is 1. The van der Waals surface area contributed by atoms with E-state index >= 15 is 0 Å². The van der Waals surface area contributed by atoms with Gasteiger partial charge in [-0.25, -0.2) is 0 Å². The SMILES string of the molecule is Cc1ccc(C(CNC2CC2)OCCCC(F)(F)F)cc1.